The van der Waals surface area contributed by atoms with E-state index in [0.717, 1.165) is 6.07 Å². The maximum Gasteiger partial charge on any atom is 0.272 e. The number of hydrogen-bond donors (Lipinski definition) is 1. The minimum absolute atomic E-state index is 0.534. The lowest BCUT2D eigenvalue weighted by Gasteiger charge is -2.02. The predicted octanol–water partition coefficient (Wildman–Crippen LogP) is 1.10. The molecule has 0 aromatic heterocycles. The average molecular weight is 263 g/mol. The predicted molar refractivity (Wildman–Crippen MR) is 52.5 cm³/mol. The van der Waals surface area contributed by atoms with Crippen LogP contribution in [0.4, 0.5) is 5.69 Å². The Morgan fingerprint density at radius 1 is 1.50 bits per heavy atom. The second-order valence-corrected chi connectivity index (χ2v) is 5.18. The van der Waals surface area contributed by atoms with Crippen LogP contribution in [0.5, 0.6) is 5.75 Å². The van der Waals surface area contributed by atoms with Gasteiger partial charge in [0.05, 0.1) is 4.92 Å². The number of aromatic hydroxyl groups is 1. The van der Waals surface area contributed by atoms with E-state index in [1.807, 2.05) is 0 Å². The molecule has 16 heavy (non-hydrogen) atoms. The van der Waals surface area contributed by atoms with E-state index in [0.29, 0.717) is 6.07 Å². The summed E-state index contributed by atoms with van der Waals surface area (Å²) < 4.78 is 21.9. The highest BCUT2D eigenvalue weighted by molar-refractivity contribution is 8.13. The van der Waals surface area contributed by atoms with Crippen molar-refractivity contribution in [1.82, 2.24) is 0 Å². The minimum atomic E-state index is -4.36. The van der Waals surface area contributed by atoms with Crippen LogP contribution in [0.1, 0.15) is 5.56 Å². The molecule has 0 saturated heterocycles. The first-order chi connectivity index (χ1) is 7.27. The monoisotopic (exact) mass is 262 g/mol. The molecular formula is C7H3ClN2O5S. The molecule has 1 N–H and O–H groups in total. The second kappa shape index (κ2) is 3.96. The highest BCUT2D eigenvalue weighted by Crippen LogP contribution is 2.33. The Kier molecular flexibility index (Phi) is 3.02. The highest BCUT2D eigenvalue weighted by Gasteiger charge is 2.23. The van der Waals surface area contributed by atoms with Gasteiger partial charge in [0.15, 0.2) is 5.75 Å². The summed E-state index contributed by atoms with van der Waals surface area (Å²) in [5.41, 5.74) is -1.18. The van der Waals surface area contributed by atoms with E-state index in [9.17, 15) is 23.6 Å². The fraction of sp³-hybridized carbons (Fsp3) is 0. The number of hydrogen-bond acceptors (Lipinski definition) is 6. The Balaban J connectivity index is 3.70. The molecule has 0 aliphatic rings. The van der Waals surface area contributed by atoms with E-state index in [-0.39, 0.29) is 0 Å². The van der Waals surface area contributed by atoms with Crippen molar-refractivity contribution in [3.8, 4) is 11.8 Å². The second-order valence-electron chi connectivity index (χ2n) is 2.65. The third-order valence-electron chi connectivity index (χ3n) is 1.65. The summed E-state index contributed by atoms with van der Waals surface area (Å²) in [6.07, 6.45) is 0. The molecule has 0 bridgehead atoms. The molecule has 1 aromatic rings. The molecule has 7 nitrogen and oxygen atoms in total. The summed E-state index contributed by atoms with van der Waals surface area (Å²) in [6, 6.07) is 2.76. The molecule has 1 aromatic carbocycles. The van der Waals surface area contributed by atoms with E-state index in [4.69, 9.17) is 15.9 Å². The SMILES string of the molecule is N#Cc1cc([N+](=O)[O-])cc(S(=O)(=O)Cl)c1O. The number of nitro groups is 1. The molecule has 0 heterocycles. The zero-order valence-electron chi connectivity index (χ0n) is 7.42. The number of nitro benzene ring substituents is 1. The summed E-state index contributed by atoms with van der Waals surface area (Å²) >= 11 is 0. The van der Waals surface area contributed by atoms with Gasteiger partial charge in [-0.15, -0.1) is 0 Å². The topological polar surface area (TPSA) is 121 Å². The first-order valence-corrected chi connectivity index (χ1v) is 5.94. The molecule has 0 aliphatic heterocycles. The van der Waals surface area contributed by atoms with Crippen LogP contribution in [0.2, 0.25) is 0 Å². The molecule has 0 fully saturated rings. The number of non-ortho nitro benzene ring substituents is 1. The van der Waals surface area contributed by atoms with Gasteiger partial charge in [0, 0.05) is 22.8 Å². The lowest BCUT2D eigenvalue weighted by molar-refractivity contribution is -0.385. The summed E-state index contributed by atoms with van der Waals surface area (Å²) in [7, 11) is 0.594. The zero-order valence-corrected chi connectivity index (χ0v) is 8.99. The quantitative estimate of drug-likeness (QED) is 0.484. The Hall–Kier alpha value is -1.85. The smallest absolute Gasteiger partial charge is 0.272 e. The number of nitrogens with zero attached hydrogens (tertiary/aromatic N) is 2. The van der Waals surface area contributed by atoms with Crippen LogP contribution < -0.4 is 0 Å². The summed E-state index contributed by atoms with van der Waals surface area (Å²) in [5, 5.41) is 28.3. The van der Waals surface area contributed by atoms with Crippen molar-refractivity contribution in [2.24, 2.45) is 0 Å². The first kappa shape index (κ1) is 12.2. The van der Waals surface area contributed by atoms with Crippen molar-refractivity contribution in [2.75, 3.05) is 0 Å². The molecule has 0 spiro atoms. The number of rotatable bonds is 2. The lowest BCUT2D eigenvalue weighted by atomic mass is 10.2. The molecule has 0 atom stereocenters. The molecule has 0 unspecified atom stereocenters. The van der Waals surface area contributed by atoms with Gasteiger partial charge < -0.3 is 5.11 Å². The van der Waals surface area contributed by atoms with Gasteiger partial charge in [0.1, 0.15) is 16.5 Å². The number of nitriles is 1. The van der Waals surface area contributed by atoms with Gasteiger partial charge >= 0.3 is 0 Å². The first-order valence-electron chi connectivity index (χ1n) is 3.63. The fourth-order valence-electron chi connectivity index (χ4n) is 0.970. The van der Waals surface area contributed by atoms with Crippen LogP contribution in [-0.2, 0) is 9.05 Å². The Labute approximate surface area is 94.1 Å². The van der Waals surface area contributed by atoms with E-state index in [1.165, 1.54) is 6.07 Å². The van der Waals surface area contributed by atoms with Gasteiger partial charge in [0.25, 0.3) is 14.7 Å². The third-order valence-corrected chi connectivity index (χ3v) is 2.99. The molecular weight excluding hydrogens is 260 g/mol. The number of halogens is 1. The average Bonchev–Trinajstić information content (AvgIpc) is 2.15. The van der Waals surface area contributed by atoms with Crippen molar-refractivity contribution < 1.29 is 18.4 Å². The maximum atomic E-state index is 11.0. The van der Waals surface area contributed by atoms with Crippen LogP contribution in [0, 0.1) is 21.4 Å². The largest absolute Gasteiger partial charge is 0.505 e. The van der Waals surface area contributed by atoms with E-state index < -0.39 is 35.9 Å². The summed E-state index contributed by atoms with van der Waals surface area (Å²) in [6.45, 7) is 0. The molecule has 0 amide bonds. The fourth-order valence-corrected chi connectivity index (χ4v) is 1.93. The van der Waals surface area contributed by atoms with E-state index >= 15 is 0 Å². The molecule has 0 saturated carbocycles. The van der Waals surface area contributed by atoms with Gasteiger partial charge in [-0.2, -0.15) is 5.26 Å². The van der Waals surface area contributed by atoms with Crippen LogP contribution in [0.15, 0.2) is 17.0 Å². The van der Waals surface area contributed by atoms with Crippen LogP contribution in [0.25, 0.3) is 0 Å². The molecule has 84 valence electrons. The van der Waals surface area contributed by atoms with Gasteiger partial charge in [0.2, 0.25) is 0 Å². The van der Waals surface area contributed by atoms with E-state index in [2.05, 4.69) is 0 Å². The van der Waals surface area contributed by atoms with Crippen LogP contribution >= 0.6 is 10.7 Å². The Morgan fingerprint density at radius 2 is 2.06 bits per heavy atom. The maximum absolute atomic E-state index is 11.0. The molecule has 9 heteroatoms. The van der Waals surface area contributed by atoms with Gasteiger partial charge in [-0.1, -0.05) is 0 Å². The number of phenols is 1. The lowest BCUT2D eigenvalue weighted by Crippen LogP contribution is -1.97. The normalized spacial score (nSPS) is 10.8. The molecule has 0 aliphatic carbocycles. The Bertz CT molecular complexity index is 604. The summed E-state index contributed by atoms with van der Waals surface area (Å²) in [5.74, 6) is -0.900. The number of benzene rings is 1. The third kappa shape index (κ3) is 2.21. The van der Waals surface area contributed by atoms with Crippen molar-refractivity contribution in [2.45, 2.75) is 4.90 Å². The molecule has 1 rings (SSSR count). The zero-order chi connectivity index (χ0) is 12.5. The summed E-state index contributed by atoms with van der Waals surface area (Å²) in [4.78, 5) is 8.68. The highest BCUT2D eigenvalue weighted by atomic mass is 35.7. The standard InChI is InChI=1S/C7H3ClN2O5S/c8-16(14,15)6-2-5(10(12)13)1-4(3-9)7(6)11/h1-2,11H. The van der Waals surface area contributed by atoms with E-state index in [1.54, 1.807) is 0 Å². The number of phenolic OH excluding ortho intramolecular Hbond substituents is 1. The van der Waals surface area contributed by atoms with Crippen molar-refractivity contribution in [3.63, 3.8) is 0 Å². The minimum Gasteiger partial charge on any atom is -0.505 e. The Morgan fingerprint density at radius 3 is 2.44 bits per heavy atom. The van der Waals surface area contributed by atoms with Crippen molar-refractivity contribution in [3.05, 3.63) is 27.8 Å². The van der Waals surface area contributed by atoms with Gasteiger partial charge in [-0.05, 0) is 0 Å². The van der Waals surface area contributed by atoms with Crippen LogP contribution in [0.3, 0.4) is 0 Å². The van der Waals surface area contributed by atoms with Gasteiger partial charge in [-0.3, -0.25) is 10.1 Å². The van der Waals surface area contributed by atoms with Crippen LogP contribution in [-0.4, -0.2) is 18.4 Å². The van der Waals surface area contributed by atoms with Crippen molar-refractivity contribution in [1.29, 1.82) is 5.26 Å². The van der Waals surface area contributed by atoms with Gasteiger partial charge in [-0.25, -0.2) is 8.42 Å². The van der Waals surface area contributed by atoms with Crippen molar-refractivity contribution >= 4 is 25.4 Å². The molecule has 0 radical (unpaired) electrons.